The zero-order valence-corrected chi connectivity index (χ0v) is 21.2. The molecule has 0 spiro atoms. The molecular weight excluding hydrogens is 478 g/mol. The van der Waals surface area contributed by atoms with E-state index in [1.165, 1.54) is 11.9 Å². The van der Waals surface area contributed by atoms with Gasteiger partial charge in [-0.05, 0) is 31.5 Å². The molecule has 0 aliphatic carbocycles. The molecule has 0 aliphatic heterocycles. The van der Waals surface area contributed by atoms with Crippen LogP contribution in [0.15, 0.2) is 48.5 Å². The number of ether oxygens (including phenoxy) is 2. The number of primary amides is 1. The maximum Gasteiger partial charge on any atom is 0.409 e. The Labute approximate surface area is 214 Å². The van der Waals surface area contributed by atoms with E-state index >= 15 is 0 Å². The van der Waals surface area contributed by atoms with Gasteiger partial charge in [0.1, 0.15) is 12.6 Å². The number of carbonyl (C=O) groups is 3. The van der Waals surface area contributed by atoms with E-state index in [-0.39, 0.29) is 26.2 Å². The first-order valence-electron chi connectivity index (χ1n) is 11.8. The predicted octanol–water partition coefficient (Wildman–Crippen LogP) is 1.28. The average molecular weight is 512 g/mol. The summed E-state index contributed by atoms with van der Waals surface area (Å²) in [5.74, 6) is -0.506. The van der Waals surface area contributed by atoms with Gasteiger partial charge in [0.2, 0.25) is 11.8 Å². The lowest BCUT2D eigenvalue weighted by Crippen LogP contribution is -2.51. The fourth-order valence-corrected chi connectivity index (χ4v) is 3.38. The molecule has 0 saturated heterocycles. The van der Waals surface area contributed by atoms with Gasteiger partial charge in [-0.2, -0.15) is 0 Å². The number of hydrogen-bond donors (Lipinski definition) is 3. The molecule has 1 atom stereocenters. The molecule has 0 radical (unpaired) electrons. The van der Waals surface area contributed by atoms with Crippen molar-refractivity contribution in [2.75, 3.05) is 20.2 Å². The molecule has 5 N–H and O–H groups in total. The molecule has 3 aromatic rings. The summed E-state index contributed by atoms with van der Waals surface area (Å²) >= 11 is 0. The molecule has 12 heteroatoms. The lowest BCUT2D eigenvalue weighted by molar-refractivity contribution is -0.126. The number of pyridine rings is 1. The van der Waals surface area contributed by atoms with Crippen molar-refractivity contribution in [3.8, 4) is 0 Å². The SMILES string of the molecule is CN(CCC(N)=O)C(=O)OCc1cccc2nnc([C@@H](COCc3ccccc3)NC(=O)C(C)(C)N)n12. The molecular formula is C25H33N7O5. The van der Waals surface area contributed by atoms with Gasteiger partial charge in [-0.25, -0.2) is 4.79 Å². The lowest BCUT2D eigenvalue weighted by atomic mass is 10.1. The van der Waals surface area contributed by atoms with Crippen molar-refractivity contribution < 1.29 is 23.9 Å². The lowest BCUT2D eigenvalue weighted by Gasteiger charge is -2.24. The Morgan fingerprint density at radius 3 is 2.49 bits per heavy atom. The summed E-state index contributed by atoms with van der Waals surface area (Å²) < 4.78 is 13.1. The van der Waals surface area contributed by atoms with E-state index in [2.05, 4.69) is 15.5 Å². The number of benzene rings is 1. The van der Waals surface area contributed by atoms with Crippen LogP contribution in [0.4, 0.5) is 4.79 Å². The van der Waals surface area contributed by atoms with Crippen LogP contribution in [0.1, 0.15) is 43.4 Å². The monoisotopic (exact) mass is 511 g/mol. The summed E-state index contributed by atoms with van der Waals surface area (Å²) in [6.45, 7) is 3.67. The summed E-state index contributed by atoms with van der Waals surface area (Å²) in [4.78, 5) is 37.4. The highest BCUT2D eigenvalue weighted by molar-refractivity contribution is 5.85. The van der Waals surface area contributed by atoms with Gasteiger partial charge in [0.25, 0.3) is 0 Å². The molecule has 0 bridgehead atoms. The normalized spacial score (nSPS) is 12.2. The minimum Gasteiger partial charge on any atom is -0.443 e. The maximum absolute atomic E-state index is 12.8. The molecule has 0 fully saturated rings. The minimum absolute atomic E-state index is 0.0264. The number of nitrogens with zero attached hydrogens (tertiary/aromatic N) is 4. The fraction of sp³-hybridized carbons (Fsp3) is 0.400. The Balaban J connectivity index is 1.82. The molecule has 0 unspecified atom stereocenters. The van der Waals surface area contributed by atoms with Crippen LogP contribution in [-0.2, 0) is 32.3 Å². The standard InChI is InChI=1S/C25H33N7O5/c1-25(2,27)23(34)28-19(16-36-14-17-8-5-4-6-9-17)22-30-29-21-11-7-10-18(32(21)22)15-37-24(35)31(3)13-12-20(26)33/h4-11,19H,12-16,27H2,1-3H3,(H2,26,33)(H,28,34)/t19-/m1/s1. The topological polar surface area (TPSA) is 167 Å². The highest BCUT2D eigenvalue weighted by Gasteiger charge is 2.28. The van der Waals surface area contributed by atoms with Gasteiger partial charge < -0.3 is 31.2 Å². The Morgan fingerprint density at radius 2 is 1.81 bits per heavy atom. The van der Waals surface area contributed by atoms with Gasteiger partial charge in [0, 0.05) is 20.0 Å². The molecule has 12 nitrogen and oxygen atoms in total. The van der Waals surface area contributed by atoms with E-state index in [1.807, 2.05) is 30.3 Å². The molecule has 0 aliphatic rings. The van der Waals surface area contributed by atoms with Crippen LogP contribution >= 0.6 is 0 Å². The molecule has 3 amide bonds. The zero-order chi connectivity index (χ0) is 27.0. The number of aromatic nitrogens is 3. The summed E-state index contributed by atoms with van der Waals surface area (Å²) in [5, 5.41) is 11.4. The van der Waals surface area contributed by atoms with E-state index in [0.29, 0.717) is 23.8 Å². The van der Waals surface area contributed by atoms with Gasteiger partial charge >= 0.3 is 6.09 Å². The second-order valence-corrected chi connectivity index (χ2v) is 9.21. The summed E-state index contributed by atoms with van der Waals surface area (Å²) in [7, 11) is 1.51. The molecule has 3 rings (SSSR count). The van der Waals surface area contributed by atoms with Gasteiger partial charge in [-0.1, -0.05) is 36.4 Å². The summed E-state index contributed by atoms with van der Waals surface area (Å²) in [6.07, 6.45) is -0.590. The van der Waals surface area contributed by atoms with E-state index < -0.39 is 29.5 Å². The van der Waals surface area contributed by atoms with Crippen LogP contribution in [0.2, 0.25) is 0 Å². The number of nitrogens with one attached hydrogen (secondary N) is 1. The molecule has 2 aromatic heterocycles. The van der Waals surface area contributed by atoms with Crippen LogP contribution in [0.25, 0.3) is 5.65 Å². The van der Waals surface area contributed by atoms with Crippen molar-refractivity contribution in [2.45, 2.75) is 45.1 Å². The van der Waals surface area contributed by atoms with Crippen molar-refractivity contribution >= 4 is 23.6 Å². The van der Waals surface area contributed by atoms with Crippen molar-refractivity contribution in [2.24, 2.45) is 11.5 Å². The van der Waals surface area contributed by atoms with Crippen LogP contribution < -0.4 is 16.8 Å². The van der Waals surface area contributed by atoms with E-state index in [0.717, 1.165) is 5.56 Å². The van der Waals surface area contributed by atoms with Crippen molar-refractivity contribution in [1.82, 2.24) is 24.8 Å². The van der Waals surface area contributed by atoms with E-state index in [1.54, 1.807) is 36.4 Å². The summed E-state index contributed by atoms with van der Waals surface area (Å²) in [5.41, 5.74) is 12.1. The quantitative estimate of drug-likeness (QED) is 0.327. The third-order valence-corrected chi connectivity index (χ3v) is 5.48. The first-order valence-corrected chi connectivity index (χ1v) is 11.8. The Kier molecular flexibility index (Phi) is 9.15. The third kappa shape index (κ3) is 7.72. The Hall–Kier alpha value is -4.03. The first-order chi connectivity index (χ1) is 17.6. The van der Waals surface area contributed by atoms with Crippen LogP contribution in [-0.4, -0.2) is 63.1 Å². The maximum atomic E-state index is 12.8. The number of hydrogen-bond acceptors (Lipinski definition) is 8. The molecule has 0 saturated carbocycles. The summed E-state index contributed by atoms with van der Waals surface area (Å²) in [6, 6.07) is 14.2. The second kappa shape index (κ2) is 12.3. The molecule has 1 aromatic carbocycles. The fourth-order valence-electron chi connectivity index (χ4n) is 3.38. The highest BCUT2D eigenvalue weighted by Crippen LogP contribution is 2.19. The molecule has 2 heterocycles. The van der Waals surface area contributed by atoms with Gasteiger partial charge in [-0.15, -0.1) is 10.2 Å². The van der Waals surface area contributed by atoms with Gasteiger partial charge in [0.15, 0.2) is 11.5 Å². The molecule has 37 heavy (non-hydrogen) atoms. The van der Waals surface area contributed by atoms with Crippen LogP contribution in [0, 0.1) is 0 Å². The number of amides is 3. The van der Waals surface area contributed by atoms with Crippen molar-refractivity contribution in [3.05, 3.63) is 65.6 Å². The van der Waals surface area contributed by atoms with Gasteiger partial charge in [0.05, 0.1) is 24.4 Å². The van der Waals surface area contributed by atoms with E-state index in [9.17, 15) is 14.4 Å². The largest absolute Gasteiger partial charge is 0.443 e. The van der Waals surface area contributed by atoms with Crippen molar-refractivity contribution in [1.29, 1.82) is 0 Å². The smallest absolute Gasteiger partial charge is 0.409 e. The second-order valence-electron chi connectivity index (χ2n) is 9.21. The predicted molar refractivity (Wildman–Crippen MR) is 135 cm³/mol. The average Bonchev–Trinajstić information content (AvgIpc) is 3.30. The molecule has 198 valence electrons. The van der Waals surface area contributed by atoms with Crippen LogP contribution in [0.5, 0.6) is 0 Å². The number of fused-ring (bicyclic) bond motifs is 1. The van der Waals surface area contributed by atoms with Crippen LogP contribution in [0.3, 0.4) is 0 Å². The Bertz CT molecular complexity index is 1220. The third-order valence-electron chi connectivity index (χ3n) is 5.48. The van der Waals surface area contributed by atoms with Gasteiger partial charge in [-0.3, -0.25) is 14.0 Å². The minimum atomic E-state index is -1.13. The zero-order valence-electron chi connectivity index (χ0n) is 21.2. The highest BCUT2D eigenvalue weighted by atomic mass is 16.6. The Morgan fingerprint density at radius 1 is 1.08 bits per heavy atom. The number of nitrogens with two attached hydrogens (primary N) is 2. The van der Waals surface area contributed by atoms with Crippen molar-refractivity contribution in [3.63, 3.8) is 0 Å². The van der Waals surface area contributed by atoms with E-state index in [4.69, 9.17) is 20.9 Å². The number of carbonyl (C=O) groups excluding carboxylic acids is 3. The first kappa shape index (κ1) is 27.6. The number of rotatable bonds is 12.